The highest BCUT2D eigenvalue weighted by Crippen LogP contribution is 2.35. The van der Waals surface area contributed by atoms with Gasteiger partial charge in [-0.2, -0.15) is 0 Å². The summed E-state index contributed by atoms with van der Waals surface area (Å²) in [5, 5.41) is 12.8. The minimum absolute atomic E-state index is 0.00532. The summed E-state index contributed by atoms with van der Waals surface area (Å²) in [6, 6.07) is 0. The fourth-order valence-corrected chi connectivity index (χ4v) is 3.51. The molecule has 2 fully saturated rings. The Bertz CT molecular complexity index is 377. The molecular weight excluding hydrogens is 244 g/mol. The third kappa shape index (κ3) is 2.24. The Balaban J connectivity index is 2.24. The second-order valence-electron chi connectivity index (χ2n) is 6.00. The molecule has 0 aliphatic carbocycles. The van der Waals surface area contributed by atoms with Crippen LogP contribution in [0.25, 0.3) is 0 Å². The van der Waals surface area contributed by atoms with Gasteiger partial charge in [-0.3, -0.25) is 4.79 Å². The zero-order valence-corrected chi connectivity index (χ0v) is 11.9. The largest absolute Gasteiger partial charge is 0.480 e. The number of hydrogen-bond donors (Lipinski definition) is 2. The SMILES string of the molecule is CCCC1(C(=O)N2CCCC2(C)C(=O)O)CCCN1. The summed E-state index contributed by atoms with van der Waals surface area (Å²) in [6.07, 6.45) is 4.86. The minimum atomic E-state index is -1.03. The maximum absolute atomic E-state index is 12.9. The molecule has 0 aromatic carbocycles. The first-order valence-electron chi connectivity index (χ1n) is 7.27. The minimum Gasteiger partial charge on any atom is -0.480 e. The van der Waals surface area contributed by atoms with Crippen LogP contribution in [0.4, 0.5) is 0 Å². The summed E-state index contributed by atoms with van der Waals surface area (Å²) in [4.78, 5) is 26.0. The molecule has 0 spiro atoms. The second kappa shape index (κ2) is 5.12. The van der Waals surface area contributed by atoms with E-state index in [1.165, 1.54) is 0 Å². The van der Waals surface area contributed by atoms with Gasteiger partial charge in [-0.15, -0.1) is 0 Å². The Morgan fingerprint density at radius 1 is 1.32 bits per heavy atom. The topological polar surface area (TPSA) is 69.6 Å². The lowest BCUT2D eigenvalue weighted by molar-refractivity contribution is -0.158. The Hall–Kier alpha value is -1.10. The molecule has 2 heterocycles. The number of likely N-dealkylation sites (tertiary alicyclic amines) is 1. The summed E-state index contributed by atoms with van der Waals surface area (Å²) in [7, 11) is 0. The van der Waals surface area contributed by atoms with Crippen molar-refractivity contribution in [2.45, 2.75) is 63.5 Å². The van der Waals surface area contributed by atoms with E-state index in [1.807, 2.05) is 0 Å². The Labute approximate surface area is 114 Å². The van der Waals surface area contributed by atoms with Gasteiger partial charge in [0.05, 0.1) is 5.54 Å². The molecule has 2 saturated heterocycles. The van der Waals surface area contributed by atoms with Gasteiger partial charge < -0.3 is 15.3 Å². The standard InChI is InChI=1S/C14H24N2O3/c1-3-6-14(8-4-9-15-14)11(17)16-10-5-7-13(16,2)12(18)19/h15H,3-10H2,1-2H3,(H,18,19). The molecule has 2 aliphatic rings. The summed E-state index contributed by atoms with van der Waals surface area (Å²) in [6.45, 7) is 5.16. The molecular formula is C14H24N2O3. The Kier molecular flexibility index (Phi) is 3.85. The van der Waals surface area contributed by atoms with Gasteiger partial charge in [0.25, 0.3) is 0 Å². The number of carbonyl (C=O) groups excluding carboxylic acids is 1. The molecule has 108 valence electrons. The van der Waals surface area contributed by atoms with Crippen molar-refractivity contribution in [1.29, 1.82) is 0 Å². The summed E-state index contributed by atoms with van der Waals surface area (Å²) in [5.41, 5.74) is -1.54. The number of nitrogens with zero attached hydrogens (tertiary/aromatic N) is 1. The first-order valence-corrected chi connectivity index (χ1v) is 7.27. The van der Waals surface area contributed by atoms with E-state index in [0.29, 0.717) is 13.0 Å². The van der Waals surface area contributed by atoms with Gasteiger partial charge in [-0.25, -0.2) is 4.79 Å². The molecule has 0 aromatic rings. The molecule has 0 radical (unpaired) electrons. The molecule has 19 heavy (non-hydrogen) atoms. The average molecular weight is 268 g/mol. The van der Waals surface area contributed by atoms with Crippen molar-refractivity contribution in [3.8, 4) is 0 Å². The summed E-state index contributed by atoms with van der Waals surface area (Å²) < 4.78 is 0. The zero-order chi connectivity index (χ0) is 14.1. The summed E-state index contributed by atoms with van der Waals surface area (Å²) >= 11 is 0. The lowest BCUT2D eigenvalue weighted by Gasteiger charge is -2.38. The van der Waals surface area contributed by atoms with E-state index in [1.54, 1.807) is 11.8 Å². The third-order valence-corrected chi connectivity index (χ3v) is 4.68. The number of carboxylic acid groups (broad SMARTS) is 1. The fourth-order valence-electron chi connectivity index (χ4n) is 3.51. The van der Waals surface area contributed by atoms with E-state index in [-0.39, 0.29) is 5.91 Å². The number of aliphatic carboxylic acids is 1. The smallest absolute Gasteiger partial charge is 0.329 e. The van der Waals surface area contributed by atoms with E-state index < -0.39 is 17.0 Å². The van der Waals surface area contributed by atoms with Crippen LogP contribution >= 0.6 is 0 Å². The second-order valence-corrected chi connectivity index (χ2v) is 6.00. The van der Waals surface area contributed by atoms with Crippen LogP contribution in [-0.4, -0.2) is 46.1 Å². The first kappa shape index (κ1) is 14.3. The zero-order valence-electron chi connectivity index (χ0n) is 11.9. The Morgan fingerprint density at radius 3 is 2.58 bits per heavy atom. The molecule has 5 nitrogen and oxygen atoms in total. The van der Waals surface area contributed by atoms with Crippen LogP contribution in [0.15, 0.2) is 0 Å². The van der Waals surface area contributed by atoms with Gasteiger partial charge in [0.15, 0.2) is 0 Å². The molecule has 2 atom stereocenters. The van der Waals surface area contributed by atoms with E-state index in [0.717, 1.165) is 38.6 Å². The van der Waals surface area contributed by atoms with Crippen LogP contribution in [0.5, 0.6) is 0 Å². The van der Waals surface area contributed by atoms with Gasteiger partial charge >= 0.3 is 5.97 Å². The van der Waals surface area contributed by atoms with E-state index in [4.69, 9.17) is 0 Å². The number of hydrogen-bond acceptors (Lipinski definition) is 3. The number of rotatable bonds is 4. The van der Waals surface area contributed by atoms with Gasteiger partial charge in [0.2, 0.25) is 5.91 Å². The summed E-state index contributed by atoms with van der Waals surface area (Å²) in [5.74, 6) is -0.891. The molecule has 2 rings (SSSR count). The van der Waals surface area contributed by atoms with Crippen molar-refractivity contribution >= 4 is 11.9 Å². The Morgan fingerprint density at radius 2 is 2.05 bits per heavy atom. The lowest BCUT2D eigenvalue weighted by Crippen LogP contribution is -2.61. The first-order chi connectivity index (χ1) is 8.96. The maximum atomic E-state index is 12.9. The molecule has 2 aliphatic heterocycles. The van der Waals surface area contributed by atoms with Gasteiger partial charge in [-0.05, 0) is 45.6 Å². The maximum Gasteiger partial charge on any atom is 0.329 e. The van der Waals surface area contributed by atoms with Crippen LogP contribution in [-0.2, 0) is 9.59 Å². The quantitative estimate of drug-likeness (QED) is 0.808. The molecule has 0 bridgehead atoms. The van der Waals surface area contributed by atoms with Crippen molar-refractivity contribution in [2.24, 2.45) is 0 Å². The number of nitrogens with one attached hydrogen (secondary N) is 1. The highest BCUT2D eigenvalue weighted by atomic mass is 16.4. The highest BCUT2D eigenvalue weighted by Gasteiger charge is 2.52. The van der Waals surface area contributed by atoms with E-state index >= 15 is 0 Å². The van der Waals surface area contributed by atoms with Gasteiger partial charge in [0.1, 0.15) is 5.54 Å². The molecule has 1 amide bonds. The van der Waals surface area contributed by atoms with Gasteiger partial charge in [0, 0.05) is 6.54 Å². The van der Waals surface area contributed by atoms with E-state index in [2.05, 4.69) is 12.2 Å². The number of carboxylic acids is 1. The third-order valence-electron chi connectivity index (χ3n) is 4.68. The average Bonchev–Trinajstić information content (AvgIpc) is 2.97. The van der Waals surface area contributed by atoms with Crippen LogP contribution in [0.3, 0.4) is 0 Å². The highest BCUT2D eigenvalue weighted by molar-refractivity contribution is 5.92. The lowest BCUT2D eigenvalue weighted by atomic mass is 9.88. The number of carbonyl (C=O) groups is 2. The van der Waals surface area contributed by atoms with Crippen molar-refractivity contribution in [1.82, 2.24) is 10.2 Å². The van der Waals surface area contributed by atoms with Crippen molar-refractivity contribution in [2.75, 3.05) is 13.1 Å². The van der Waals surface area contributed by atoms with Crippen LogP contribution in [0, 0.1) is 0 Å². The molecule has 2 N–H and O–H groups in total. The normalized spacial score (nSPS) is 34.7. The van der Waals surface area contributed by atoms with Crippen molar-refractivity contribution < 1.29 is 14.7 Å². The molecule has 0 aromatic heterocycles. The van der Waals surface area contributed by atoms with Crippen LogP contribution < -0.4 is 5.32 Å². The predicted octanol–water partition coefficient (Wildman–Crippen LogP) is 1.37. The predicted molar refractivity (Wildman–Crippen MR) is 71.9 cm³/mol. The van der Waals surface area contributed by atoms with E-state index in [9.17, 15) is 14.7 Å². The molecule has 0 saturated carbocycles. The molecule has 5 heteroatoms. The monoisotopic (exact) mass is 268 g/mol. The molecule has 2 unspecified atom stereocenters. The van der Waals surface area contributed by atoms with Crippen LogP contribution in [0.1, 0.15) is 52.4 Å². The fraction of sp³-hybridized carbons (Fsp3) is 0.857. The number of amides is 1. The van der Waals surface area contributed by atoms with Gasteiger partial charge in [-0.1, -0.05) is 13.3 Å². The van der Waals surface area contributed by atoms with Crippen molar-refractivity contribution in [3.63, 3.8) is 0 Å². The van der Waals surface area contributed by atoms with Crippen molar-refractivity contribution in [3.05, 3.63) is 0 Å². The van der Waals surface area contributed by atoms with Crippen LogP contribution in [0.2, 0.25) is 0 Å².